The van der Waals surface area contributed by atoms with Crippen LogP contribution in [0.4, 0.5) is 5.69 Å². The summed E-state index contributed by atoms with van der Waals surface area (Å²) in [4.78, 5) is 16.8. The van der Waals surface area contributed by atoms with Crippen LogP contribution in [0.1, 0.15) is 58.4 Å². The van der Waals surface area contributed by atoms with Crippen molar-refractivity contribution in [2.45, 2.75) is 65.9 Å². The molecule has 1 amide bonds. The normalized spacial score (nSPS) is 11.0. The minimum absolute atomic E-state index is 0.0181. The van der Waals surface area contributed by atoms with Gasteiger partial charge in [-0.1, -0.05) is 50.5 Å². The van der Waals surface area contributed by atoms with Crippen LogP contribution >= 0.6 is 0 Å². The molecular weight excluding hydrogens is 388 g/mol. The minimum Gasteiger partial charge on any atom is -0.460 e. The Kier molecular flexibility index (Phi) is 7.82. The van der Waals surface area contributed by atoms with Gasteiger partial charge in [0.25, 0.3) is 0 Å². The van der Waals surface area contributed by atoms with Gasteiger partial charge >= 0.3 is 6.01 Å². The molecule has 0 unspecified atom stereocenters. The second kappa shape index (κ2) is 10.8. The van der Waals surface area contributed by atoms with Gasteiger partial charge in [-0.15, -0.1) is 5.10 Å². The average molecular weight is 421 g/mol. The maximum atomic E-state index is 12.2. The summed E-state index contributed by atoms with van der Waals surface area (Å²) in [7, 11) is 0. The number of unbranched alkanes of at least 4 members (excludes halogenated alkanes) is 3. The third-order valence-corrected chi connectivity index (χ3v) is 4.97. The third kappa shape index (κ3) is 6.17. The Morgan fingerprint density at radius 1 is 1.06 bits per heavy atom. The standard InChI is InChI=1S/C25H32N4O2/c1-5-6-7-8-13-23(30)26-20-14-16-21(17-15-20)29-24(22-12-10-9-11-19(22)4)27-25(28-29)31-18(2)3/h9-12,14-18H,5-8,13H2,1-4H3,(H,26,30). The molecule has 164 valence electrons. The van der Waals surface area contributed by atoms with Gasteiger partial charge in [-0.25, -0.2) is 4.68 Å². The highest BCUT2D eigenvalue weighted by atomic mass is 16.5. The van der Waals surface area contributed by atoms with Crippen molar-refractivity contribution in [2.24, 2.45) is 0 Å². The van der Waals surface area contributed by atoms with Crippen molar-refractivity contribution in [3.63, 3.8) is 0 Å². The highest BCUT2D eigenvalue weighted by Crippen LogP contribution is 2.27. The Morgan fingerprint density at radius 2 is 1.81 bits per heavy atom. The first-order valence-corrected chi connectivity index (χ1v) is 11.1. The number of amides is 1. The molecule has 31 heavy (non-hydrogen) atoms. The van der Waals surface area contributed by atoms with Crippen LogP contribution in [0.2, 0.25) is 0 Å². The van der Waals surface area contributed by atoms with E-state index in [1.807, 2.05) is 56.3 Å². The SMILES string of the molecule is CCCCCCC(=O)Nc1ccc(-n2nc(OC(C)C)nc2-c2ccccc2C)cc1. The smallest absolute Gasteiger partial charge is 0.336 e. The number of nitrogens with zero attached hydrogens (tertiary/aromatic N) is 3. The largest absolute Gasteiger partial charge is 0.460 e. The van der Waals surface area contributed by atoms with Gasteiger partial charge in [0.15, 0.2) is 5.82 Å². The lowest BCUT2D eigenvalue weighted by atomic mass is 10.1. The summed E-state index contributed by atoms with van der Waals surface area (Å²) in [5, 5.41) is 7.56. The summed E-state index contributed by atoms with van der Waals surface area (Å²) in [6.45, 7) is 8.12. The highest BCUT2D eigenvalue weighted by Gasteiger charge is 2.17. The molecule has 0 radical (unpaired) electrons. The molecule has 0 saturated heterocycles. The monoisotopic (exact) mass is 420 g/mol. The maximum absolute atomic E-state index is 12.2. The topological polar surface area (TPSA) is 69.0 Å². The summed E-state index contributed by atoms with van der Waals surface area (Å²) >= 11 is 0. The Bertz CT molecular complexity index is 993. The van der Waals surface area contributed by atoms with E-state index in [2.05, 4.69) is 35.3 Å². The van der Waals surface area contributed by atoms with Crippen molar-refractivity contribution in [3.05, 3.63) is 54.1 Å². The molecular formula is C25H32N4O2. The molecule has 1 heterocycles. The summed E-state index contributed by atoms with van der Waals surface area (Å²) in [6, 6.07) is 16.1. The summed E-state index contributed by atoms with van der Waals surface area (Å²) in [5.74, 6) is 0.777. The number of carbonyl (C=O) groups is 1. The molecule has 0 bridgehead atoms. The molecule has 6 nitrogen and oxygen atoms in total. The number of anilines is 1. The predicted octanol–water partition coefficient (Wildman–Crippen LogP) is 5.94. The van der Waals surface area contributed by atoms with E-state index < -0.39 is 0 Å². The molecule has 0 fully saturated rings. The van der Waals surface area contributed by atoms with E-state index in [0.717, 1.165) is 41.2 Å². The Hall–Kier alpha value is -3.15. The van der Waals surface area contributed by atoms with Crippen LogP contribution in [0.15, 0.2) is 48.5 Å². The molecule has 0 aliphatic heterocycles. The molecule has 0 saturated carbocycles. The van der Waals surface area contributed by atoms with E-state index in [1.165, 1.54) is 12.8 Å². The second-order valence-electron chi connectivity index (χ2n) is 8.02. The summed E-state index contributed by atoms with van der Waals surface area (Å²) < 4.78 is 7.54. The van der Waals surface area contributed by atoms with Crippen LogP contribution in [0, 0.1) is 6.92 Å². The van der Waals surface area contributed by atoms with Crippen LogP contribution in [0.5, 0.6) is 6.01 Å². The predicted molar refractivity (Wildman–Crippen MR) is 125 cm³/mol. The number of hydrogen-bond donors (Lipinski definition) is 1. The first-order valence-electron chi connectivity index (χ1n) is 11.1. The minimum atomic E-state index is -0.0181. The number of hydrogen-bond acceptors (Lipinski definition) is 4. The zero-order chi connectivity index (χ0) is 22.2. The number of benzene rings is 2. The zero-order valence-corrected chi connectivity index (χ0v) is 18.9. The van der Waals surface area contributed by atoms with Crippen LogP contribution < -0.4 is 10.1 Å². The lowest BCUT2D eigenvalue weighted by molar-refractivity contribution is -0.116. The first-order chi connectivity index (χ1) is 15.0. The number of carbonyl (C=O) groups excluding carboxylic acids is 1. The van der Waals surface area contributed by atoms with E-state index in [9.17, 15) is 4.79 Å². The molecule has 0 aliphatic carbocycles. The fraction of sp³-hybridized carbons (Fsp3) is 0.400. The molecule has 0 aliphatic rings. The van der Waals surface area contributed by atoms with Crippen molar-refractivity contribution in [2.75, 3.05) is 5.32 Å². The van der Waals surface area contributed by atoms with E-state index >= 15 is 0 Å². The van der Waals surface area contributed by atoms with E-state index in [4.69, 9.17) is 4.74 Å². The highest BCUT2D eigenvalue weighted by molar-refractivity contribution is 5.90. The van der Waals surface area contributed by atoms with Crippen LogP contribution in [-0.2, 0) is 4.79 Å². The van der Waals surface area contributed by atoms with Crippen molar-refractivity contribution in [1.29, 1.82) is 0 Å². The molecule has 0 spiro atoms. The molecule has 0 atom stereocenters. The number of aryl methyl sites for hydroxylation is 1. The summed E-state index contributed by atoms with van der Waals surface area (Å²) in [5.41, 5.74) is 3.74. The quantitative estimate of drug-likeness (QED) is 0.412. The summed E-state index contributed by atoms with van der Waals surface area (Å²) in [6.07, 6.45) is 4.89. The van der Waals surface area contributed by atoms with Gasteiger partial charge in [0.2, 0.25) is 5.91 Å². The molecule has 3 aromatic rings. The Morgan fingerprint density at radius 3 is 2.48 bits per heavy atom. The zero-order valence-electron chi connectivity index (χ0n) is 18.9. The number of rotatable bonds is 10. The van der Waals surface area contributed by atoms with Gasteiger partial charge in [-0.05, 0) is 57.0 Å². The lowest BCUT2D eigenvalue weighted by Gasteiger charge is -2.09. The maximum Gasteiger partial charge on any atom is 0.336 e. The fourth-order valence-corrected chi connectivity index (χ4v) is 3.35. The van der Waals surface area contributed by atoms with E-state index in [0.29, 0.717) is 12.4 Å². The number of aromatic nitrogens is 3. The van der Waals surface area contributed by atoms with Gasteiger partial charge in [0.05, 0.1) is 11.8 Å². The van der Waals surface area contributed by atoms with Crippen LogP contribution in [0.3, 0.4) is 0 Å². The van der Waals surface area contributed by atoms with Gasteiger partial charge in [0.1, 0.15) is 0 Å². The van der Waals surface area contributed by atoms with Gasteiger partial charge in [0, 0.05) is 17.7 Å². The van der Waals surface area contributed by atoms with Crippen molar-refractivity contribution in [1.82, 2.24) is 14.8 Å². The molecule has 6 heteroatoms. The van der Waals surface area contributed by atoms with Gasteiger partial charge < -0.3 is 10.1 Å². The molecule has 1 N–H and O–H groups in total. The van der Waals surface area contributed by atoms with Gasteiger partial charge in [-0.3, -0.25) is 4.79 Å². The number of ether oxygens (including phenoxy) is 1. The van der Waals surface area contributed by atoms with Crippen molar-refractivity contribution in [3.8, 4) is 23.1 Å². The van der Waals surface area contributed by atoms with Crippen molar-refractivity contribution < 1.29 is 9.53 Å². The van der Waals surface area contributed by atoms with E-state index in [-0.39, 0.29) is 12.0 Å². The molecule has 2 aromatic carbocycles. The fourth-order valence-electron chi connectivity index (χ4n) is 3.35. The first kappa shape index (κ1) is 22.5. The van der Waals surface area contributed by atoms with E-state index in [1.54, 1.807) is 4.68 Å². The molecule has 3 rings (SSSR count). The number of nitrogens with one attached hydrogen (secondary N) is 1. The van der Waals surface area contributed by atoms with Gasteiger partial charge in [-0.2, -0.15) is 4.98 Å². The lowest BCUT2D eigenvalue weighted by Crippen LogP contribution is -2.11. The third-order valence-electron chi connectivity index (χ3n) is 4.97. The Balaban J connectivity index is 1.81. The van der Waals surface area contributed by atoms with Crippen LogP contribution in [0.25, 0.3) is 17.1 Å². The molecule has 1 aromatic heterocycles. The van der Waals surface area contributed by atoms with Crippen LogP contribution in [-0.4, -0.2) is 26.8 Å². The Labute approximate surface area is 184 Å². The second-order valence-corrected chi connectivity index (χ2v) is 8.02. The van der Waals surface area contributed by atoms with Crippen molar-refractivity contribution >= 4 is 11.6 Å². The average Bonchev–Trinajstić information content (AvgIpc) is 3.15.